The number of fused-ring (bicyclic) bond motifs is 1. The van der Waals surface area contributed by atoms with Crippen LogP contribution < -0.4 is 5.32 Å². The Labute approximate surface area is 146 Å². The van der Waals surface area contributed by atoms with Crippen LogP contribution in [0.15, 0.2) is 47.8 Å². The van der Waals surface area contributed by atoms with Crippen LogP contribution >= 0.6 is 22.9 Å². The van der Waals surface area contributed by atoms with E-state index in [0.717, 1.165) is 16.1 Å². The van der Waals surface area contributed by atoms with Gasteiger partial charge in [-0.15, -0.1) is 11.3 Å². The number of thiazole rings is 1. The van der Waals surface area contributed by atoms with Crippen LogP contribution in [-0.4, -0.2) is 10.9 Å². The lowest BCUT2D eigenvalue weighted by molar-refractivity contribution is -0.110. The molecule has 0 saturated carbocycles. The molecule has 1 aliphatic heterocycles. The second-order valence-corrected chi connectivity index (χ2v) is 6.58. The van der Waals surface area contributed by atoms with E-state index in [4.69, 9.17) is 11.6 Å². The zero-order valence-electron chi connectivity index (χ0n) is 12.2. The molecule has 0 saturated heterocycles. The van der Waals surface area contributed by atoms with E-state index in [1.807, 2.05) is 11.4 Å². The molecule has 24 heavy (non-hydrogen) atoms. The van der Waals surface area contributed by atoms with Gasteiger partial charge in [0.2, 0.25) is 0 Å². The van der Waals surface area contributed by atoms with Gasteiger partial charge in [0.05, 0.1) is 17.0 Å². The summed E-state index contributed by atoms with van der Waals surface area (Å²) in [5, 5.41) is 6.01. The van der Waals surface area contributed by atoms with Crippen molar-refractivity contribution in [1.82, 2.24) is 4.98 Å². The average Bonchev–Trinajstić information content (AvgIpc) is 3.13. The van der Waals surface area contributed by atoms with Gasteiger partial charge in [-0.25, -0.2) is 9.37 Å². The molecule has 0 radical (unpaired) electrons. The minimum absolute atomic E-state index is 0.177. The fraction of sp³-hybridized carbons (Fsp3) is 0. The topological polar surface area (TPSA) is 42.0 Å². The first kappa shape index (κ1) is 15.1. The number of nitrogens with one attached hydrogen (secondary N) is 1. The molecular weight excluding hydrogens is 347 g/mol. The minimum atomic E-state index is -0.282. The number of amides is 1. The normalized spacial score (nSPS) is 14.8. The minimum Gasteiger partial charge on any atom is -0.321 e. The van der Waals surface area contributed by atoms with E-state index >= 15 is 0 Å². The zero-order valence-corrected chi connectivity index (χ0v) is 13.8. The van der Waals surface area contributed by atoms with Crippen molar-refractivity contribution in [2.24, 2.45) is 0 Å². The monoisotopic (exact) mass is 356 g/mol. The number of carbonyl (C=O) groups is 1. The number of carbonyl (C=O) groups excluding carboxylic acids is 1. The van der Waals surface area contributed by atoms with E-state index in [2.05, 4.69) is 10.3 Å². The SMILES string of the molecule is O=C1Nc2cc(Cl)ccc2/C1=C\c1csc(-c2ccc(F)cc2)n1. The van der Waals surface area contributed by atoms with Crippen molar-refractivity contribution in [3.63, 3.8) is 0 Å². The van der Waals surface area contributed by atoms with Gasteiger partial charge in [-0.05, 0) is 42.5 Å². The lowest BCUT2D eigenvalue weighted by Gasteiger charge is -1.98. The molecule has 3 nitrogen and oxygen atoms in total. The van der Waals surface area contributed by atoms with Gasteiger partial charge >= 0.3 is 0 Å². The van der Waals surface area contributed by atoms with Crippen molar-refractivity contribution >= 4 is 46.2 Å². The van der Waals surface area contributed by atoms with E-state index in [1.54, 1.807) is 30.3 Å². The van der Waals surface area contributed by atoms with Gasteiger partial charge in [0.25, 0.3) is 5.91 Å². The molecule has 1 amide bonds. The molecule has 0 unspecified atom stereocenters. The van der Waals surface area contributed by atoms with Crippen LogP contribution in [-0.2, 0) is 4.79 Å². The van der Waals surface area contributed by atoms with Gasteiger partial charge in [0.1, 0.15) is 10.8 Å². The van der Waals surface area contributed by atoms with Gasteiger partial charge in [0.15, 0.2) is 0 Å². The summed E-state index contributed by atoms with van der Waals surface area (Å²) in [7, 11) is 0. The molecule has 0 atom stereocenters. The number of nitrogens with zero attached hydrogens (tertiary/aromatic N) is 1. The van der Waals surface area contributed by atoms with Crippen LogP contribution in [0.3, 0.4) is 0 Å². The molecule has 0 fully saturated rings. The Bertz CT molecular complexity index is 979. The molecule has 0 aliphatic carbocycles. The van der Waals surface area contributed by atoms with Crippen LogP contribution in [0.4, 0.5) is 10.1 Å². The maximum Gasteiger partial charge on any atom is 0.256 e. The van der Waals surface area contributed by atoms with Crippen LogP contribution in [0.2, 0.25) is 5.02 Å². The summed E-state index contributed by atoms with van der Waals surface area (Å²) in [6, 6.07) is 11.5. The zero-order chi connectivity index (χ0) is 16.7. The molecule has 6 heteroatoms. The molecule has 2 heterocycles. The van der Waals surface area contributed by atoms with Crippen molar-refractivity contribution in [3.8, 4) is 10.6 Å². The predicted molar refractivity (Wildman–Crippen MR) is 95.5 cm³/mol. The highest BCUT2D eigenvalue weighted by molar-refractivity contribution is 7.13. The van der Waals surface area contributed by atoms with Gasteiger partial charge in [-0.3, -0.25) is 4.79 Å². The lowest BCUT2D eigenvalue weighted by Crippen LogP contribution is -2.03. The van der Waals surface area contributed by atoms with Crippen molar-refractivity contribution in [2.75, 3.05) is 5.32 Å². The molecule has 2 aromatic carbocycles. The summed E-state index contributed by atoms with van der Waals surface area (Å²) in [5.41, 5.74) is 3.59. The summed E-state index contributed by atoms with van der Waals surface area (Å²) >= 11 is 7.40. The Hall–Kier alpha value is -2.50. The highest BCUT2D eigenvalue weighted by Crippen LogP contribution is 2.35. The number of anilines is 1. The van der Waals surface area contributed by atoms with Crippen molar-refractivity contribution in [3.05, 3.63) is 69.9 Å². The second kappa shape index (κ2) is 5.85. The molecule has 1 aromatic heterocycles. The number of rotatable bonds is 2. The number of hydrogen-bond acceptors (Lipinski definition) is 3. The summed E-state index contributed by atoms with van der Waals surface area (Å²) in [6.07, 6.45) is 1.75. The van der Waals surface area contributed by atoms with Gasteiger partial charge in [0, 0.05) is 21.5 Å². The van der Waals surface area contributed by atoms with E-state index in [0.29, 0.717) is 22.0 Å². The molecule has 4 rings (SSSR count). The van der Waals surface area contributed by atoms with E-state index < -0.39 is 0 Å². The van der Waals surface area contributed by atoms with E-state index in [1.165, 1.54) is 23.5 Å². The van der Waals surface area contributed by atoms with Crippen LogP contribution in [0.25, 0.3) is 22.2 Å². The van der Waals surface area contributed by atoms with Gasteiger partial charge in [-0.2, -0.15) is 0 Å². The average molecular weight is 357 g/mol. The standard InChI is InChI=1S/C18H10ClFN2OS/c19-11-3-6-14-15(17(23)22-16(14)7-11)8-13-9-24-18(21-13)10-1-4-12(20)5-2-10/h1-9H,(H,22,23)/b15-8+. The molecule has 0 bridgehead atoms. The Kier molecular flexibility index (Phi) is 3.67. The van der Waals surface area contributed by atoms with Gasteiger partial charge < -0.3 is 5.32 Å². The third-order valence-corrected chi connectivity index (χ3v) is 4.81. The Morgan fingerprint density at radius 1 is 1.17 bits per heavy atom. The third kappa shape index (κ3) is 2.72. The molecular formula is C18H10ClFN2OS. The van der Waals surface area contributed by atoms with Crippen molar-refractivity contribution < 1.29 is 9.18 Å². The summed E-state index contributed by atoms with van der Waals surface area (Å²) < 4.78 is 13.0. The quantitative estimate of drug-likeness (QED) is 0.649. The first-order valence-electron chi connectivity index (χ1n) is 7.14. The first-order valence-corrected chi connectivity index (χ1v) is 8.40. The van der Waals surface area contributed by atoms with Crippen LogP contribution in [0, 0.1) is 5.82 Å². The Balaban J connectivity index is 1.70. The number of hydrogen-bond donors (Lipinski definition) is 1. The smallest absolute Gasteiger partial charge is 0.256 e. The van der Waals surface area contributed by atoms with E-state index in [9.17, 15) is 9.18 Å². The molecule has 118 valence electrons. The molecule has 1 aliphatic rings. The highest BCUT2D eigenvalue weighted by atomic mass is 35.5. The summed E-state index contributed by atoms with van der Waals surface area (Å²) in [6.45, 7) is 0. The summed E-state index contributed by atoms with van der Waals surface area (Å²) in [5.74, 6) is -0.459. The summed E-state index contributed by atoms with van der Waals surface area (Å²) in [4.78, 5) is 16.7. The lowest BCUT2D eigenvalue weighted by atomic mass is 10.1. The van der Waals surface area contributed by atoms with Crippen LogP contribution in [0.1, 0.15) is 11.3 Å². The maximum absolute atomic E-state index is 13.0. The molecule has 3 aromatic rings. The highest BCUT2D eigenvalue weighted by Gasteiger charge is 2.24. The number of benzene rings is 2. The van der Waals surface area contributed by atoms with Crippen molar-refractivity contribution in [1.29, 1.82) is 0 Å². The van der Waals surface area contributed by atoms with Gasteiger partial charge in [-0.1, -0.05) is 17.7 Å². The molecule has 1 N–H and O–H groups in total. The van der Waals surface area contributed by atoms with Crippen molar-refractivity contribution in [2.45, 2.75) is 0 Å². The Morgan fingerprint density at radius 3 is 2.75 bits per heavy atom. The fourth-order valence-corrected chi connectivity index (χ4v) is 3.49. The van der Waals surface area contributed by atoms with Crippen LogP contribution in [0.5, 0.6) is 0 Å². The first-order chi connectivity index (χ1) is 11.6. The fourth-order valence-electron chi connectivity index (χ4n) is 2.54. The number of halogens is 2. The maximum atomic E-state index is 13.0. The Morgan fingerprint density at radius 2 is 1.96 bits per heavy atom. The molecule has 0 spiro atoms. The largest absolute Gasteiger partial charge is 0.321 e. The predicted octanol–water partition coefficient (Wildman–Crippen LogP) is 5.10. The number of aromatic nitrogens is 1. The second-order valence-electron chi connectivity index (χ2n) is 5.29. The third-order valence-electron chi connectivity index (χ3n) is 3.67. The van der Waals surface area contributed by atoms with E-state index in [-0.39, 0.29) is 11.7 Å².